The van der Waals surface area contributed by atoms with Gasteiger partial charge in [0.15, 0.2) is 0 Å². The zero-order chi connectivity index (χ0) is 12.3. The maximum atomic E-state index is 5.79. The third-order valence-corrected chi connectivity index (χ3v) is 3.36. The minimum atomic E-state index is 0.209. The molecular weight excluding hydrogens is 264 g/mol. The van der Waals surface area contributed by atoms with Crippen LogP contribution < -0.4 is 10.6 Å². The molecule has 0 heterocycles. The number of nitrogens with zero attached hydrogens (tertiary/aromatic N) is 1. The summed E-state index contributed by atoms with van der Waals surface area (Å²) in [6.07, 6.45) is 0.921. The van der Waals surface area contributed by atoms with Gasteiger partial charge in [-0.15, -0.1) is 0 Å². The van der Waals surface area contributed by atoms with Gasteiger partial charge in [0.25, 0.3) is 0 Å². The summed E-state index contributed by atoms with van der Waals surface area (Å²) in [5, 5.41) is 0. The molecule has 16 heavy (non-hydrogen) atoms. The molecule has 90 valence electrons. The summed E-state index contributed by atoms with van der Waals surface area (Å²) < 4.78 is 1.14. The molecule has 1 unspecified atom stereocenters. The van der Waals surface area contributed by atoms with Crippen LogP contribution in [0.1, 0.15) is 26.3 Å². The van der Waals surface area contributed by atoms with Crippen molar-refractivity contribution in [1.82, 2.24) is 0 Å². The molecule has 1 rings (SSSR count). The maximum absolute atomic E-state index is 5.79. The third kappa shape index (κ3) is 3.49. The van der Waals surface area contributed by atoms with Crippen molar-refractivity contribution in [3.63, 3.8) is 0 Å². The van der Waals surface area contributed by atoms with Crippen molar-refractivity contribution in [1.29, 1.82) is 0 Å². The van der Waals surface area contributed by atoms with Crippen molar-refractivity contribution >= 4 is 21.6 Å². The molecule has 0 saturated heterocycles. The van der Waals surface area contributed by atoms with E-state index in [2.05, 4.69) is 59.9 Å². The lowest BCUT2D eigenvalue weighted by Gasteiger charge is -2.25. The lowest BCUT2D eigenvalue weighted by molar-refractivity contribution is 0.734. The molecule has 2 nitrogen and oxygen atoms in total. The van der Waals surface area contributed by atoms with Crippen LogP contribution in [0.25, 0.3) is 0 Å². The molecule has 0 aromatic heterocycles. The topological polar surface area (TPSA) is 29.3 Å². The van der Waals surface area contributed by atoms with Crippen LogP contribution in [0.3, 0.4) is 0 Å². The van der Waals surface area contributed by atoms with E-state index in [1.165, 1.54) is 11.3 Å². The quantitative estimate of drug-likeness (QED) is 0.920. The fourth-order valence-corrected chi connectivity index (χ4v) is 2.32. The molecule has 1 aromatic rings. The normalized spacial score (nSPS) is 12.9. The van der Waals surface area contributed by atoms with Crippen molar-refractivity contribution in [3.8, 4) is 0 Å². The van der Waals surface area contributed by atoms with Crippen molar-refractivity contribution in [2.45, 2.75) is 39.3 Å². The summed E-state index contributed by atoms with van der Waals surface area (Å²) >= 11 is 3.62. The van der Waals surface area contributed by atoms with Gasteiger partial charge in [-0.1, -0.05) is 6.07 Å². The molecule has 0 bridgehead atoms. The first-order chi connectivity index (χ1) is 7.41. The highest BCUT2D eigenvalue weighted by atomic mass is 79.9. The average molecular weight is 285 g/mol. The largest absolute Gasteiger partial charge is 0.371 e. The van der Waals surface area contributed by atoms with Crippen molar-refractivity contribution < 1.29 is 0 Å². The summed E-state index contributed by atoms with van der Waals surface area (Å²) in [5.41, 5.74) is 8.30. The van der Waals surface area contributed by atoms with E-state index in [4.69, 9.17) is 5.73 Å². The van der Waals surface area contributed by atoms with Crippen LogP contribution in [0.15, 0.2) is 22.7 Å². The van der Waals surface area contributed by atoms with E-state index in [-0.39, 0.29) is 6.04 Å². The number of anilines is 1. The SMILES string of the molecule is CC(N)Cc1ccc(N(C)C(C)C)c(Br)c1. The highest BCUT2D eigenvalue weighted by Gasteiger charge is 2.09. The first kappa shape index (κ1) is 13.5. The molecule has 0 spiro atoms. The zero-order valence-corrected chi connectivity index (χ0v) is 12.1. The molecule has 0 fully saturated rings. The molecule has 0 amide bonds. The van der Waals surface area contributed by atoms with Crippen molar-refractivity contribution in [3.05, 3.63) is 28.2 Å². The molecule has 0 saturated carbocycles. The average Bonchev–Trinajstić information content (AvgIpc) is 2.15. The summed E-state index contributed by atoms with van der Waals surface area (Å²) in [4.78, 5) is 2.25. The molecule has 1 atom stereocenters. The second kappa shape index (κ2) is 5.69. The number of benzene rings is 1. The van der Waals surface area contributed by atoms with E-state index in [9.17, 15) is 0 Å². The van der Waals surface area contributed by atoms with Crippen LogP contribution in [0.4, 0.5) is 5.69 Å². The van der Waals surface area contributed by atoms with Gasteiger partial charge in [0.2, 0.25) is 0 Å². The number of hydrogen-bond acceptors (Lipinski definition) is 2. The van der Waals surface area contributed by atoms with Gasteiger partial charge < -0.3 is 10.6 Å². The van der Waals surface area contributed by atoms with Gasteiger partial charge >= 0.3 is 0 Å². The van der Waals surface area contributed by atoms with Gasteiger partial charge in [-0.3, -0.25) is 0 Å². The van der Waals surface area contributed by atoms with E-state index in [1.807, 2.05) is 6.92 Å². The van der Waals surface area contributed by atoms with Gasteiger partial charge in [-0.05, 0) is 60.8 Å². The van der Waals surface area contributed by atoms with Crippen LogP contribution in [-0.4, -0.2) is 19.1 Å². The first-order valence-electron chi connectivity index (χ1n) is 5.68. The third-order valence-electron chi connectivity index (χ3n) is 2.72. The Morgan fingerprint density at radius 1 is 1.31 bits per heavy atom. The number of nitrogens with two attached hydrogens (primary N) is 1. The van der Waals surface area contributed by atoms with Crippen molar-refractivity contribution in [2.24, 2.45) is 5.73 Å². The maximum Gasteiger partial charge on any atom is 0.0510 e. The summed E-state index contributed by atoms with van der Waals surface area (Å²) in [7, 11) is 2.11. The highest BCUT2D eigenvalue weighted by Crippen LogP contribution is 2.28. The predicted molar refractivity (Wildman–Crippen MR) is 75.0 cm³/mol. The number of hydrogen-bond donors (Lipinski definition) is 1. The van der Waals surface area contributed by atoms with Gasteiger partial charge in [-0.25, -0.2) is 0 Å². The zero-order valence-electron chi connectivity index (χ0n) is 10.5. The fourth-order valence-electron chi connectivity index (χ4n) is 1.61. The number of rotatable bonds is 4. The Hall–Kier alpha value is -0.540. The first-order valence-corrected chi connectivity index (χ1v) is 6.48. The minimum absolute atomic E-state index is 0.209. The number of halogens is 1. The Balaban J connectivity index is 2.91. The predicted octanol–water partition coefficient (Wildman–Crippen LogP) is 3.18. The molecule has 2 N–H and O–H groups in total. The molecule has 3 heteroatoms. The van der Waals surface area contributed by atoms with Crippen LogP contribution in [0, 0.1) is 0 Å². The smallest absolute Gasteiger partial charge is 0.0510 e. The second-order valence-electron chi connectivity index (χ2n) is 4.67. The Labute approximate surface area is 107 Å². The van der Waals surface area contributed by atoms with Crippen LogP contribution in [-0.2, 0) is 6.42 Å². The van der Waals surface area contributed by atoms with Gasteiger partial charge in [-0.2, -0.15) is 0 Å². The summed E-state index contributed by atoms with van der Waals surface area (Å²) in [5.74, 6) is 0. The standard InChI is InChI=1S/C13H21BrN2/c1-9(2)16(4)13-6-5-11(7-10(3)15)8-12(13)14/h5-6,8-10H,7,15H2,1-4H3. The van der Waals surface area contributed by atoms with E-state index >= 15 is 0 Å². The second-order valence-corrected chi connectivity index (χ2v) is 5.53. The Kier molecular flexibility index (Phi) is 4.81. The lowest BCUT2D eigenvalue weighted by atomic mass is 10.1. The molecule has 0 aliphatic carbocycles. The Bertz CT molecular complexity index is 348. The highest BCUT2D eigenvalue weighted by molar-refractivity contribution is 9.10. The van der Waals surface area contributed by atoms with Crippen LogP contribution >= 0.6 is 15.9 Å². The van der Waals surface area contributed by atoms with E-state index in [1.54, 1.807) is 0 Å². The summed E-state index contributed by atoms with van der Waals surface area (Å²) in [6.45, 7) is 6.40. The molecular formula is C13H21BrN2. The minimum Gasteiger partial charge on any atom is -0.371 e. The summed E-state index contributed by atoms with van der Waals surface area (Å²) in [6, 6.07) is 7.18. The monoisotopic (exact) mass is 284 g/mol. The molecule has 0 aliphatic heterocycles. The van der Waals surface area contributed by atoms with E-state index in [0.29, 0.717) is 6.04 Å². The molecule has 0 radical (unpaired) electrons. The van der Waals surface area contributed by atoms with Crippen molar-refractivity contribution in [2.75, 3.05) is 11.9 Å². The lowest BCUT2D eigenvalue weighted by Crippen LogP contribution is -2.26. The molecule has 1 aromatic carbocycles. The van der Waals surface area contributed by atoms with Crippen LogP contribution in [0.5, 0.6) is 0 Å². The van der Waals surface area contributed by atoms with Gasteiger partial charge in [0.05, 0.1) is 5.69 Å². The van der Waals surface area contributed by atoms with E-state index < -0.39 is 0 Å². The Morgan fingerprint density at radius 2 is 1.94 bits per heavy atom. The van der Waals surface area contributed by atoms with Crippen LogP contribution in [0.2, 0.25) is 0 Å². The van der Waals surface area contributed by atoms with E-state index in [0.717, 1.165) is 10.9 Å². The fraction of sp³-hybridized carbons (Fsp3) is 0.538. The molecule has 0 aliphatic rings. The van der Waals surface area contributed by atoms with Gasteiger partial charge in [0, 0.05) is 23.6 Å². The van der Waals surface area contributed by atoms with Gasteiger partial charge in [0.1, 0.15) is 0 Å². The Morgan fingerprint density at radius 3 is 2.38 bits per heavy atom.